The molecule has 3 rings (SSSR count). The van der Waals surface area contributed by atoms with Gasteiger partial charge in [-0.05, 0) is 36.1 Å². The van der Waals surface area contributed by atoms with Crippen LogP contribution in [0.15, 0.2) is 42.5 Å². The van der Waals surface area contributed by atoms with Gasteiger partial charge in [-0.3, -0.25) is 4.79 Å². The summed E-state index contributed by atoms with van der Waals surface area (Å²) in [5.41, 5.74) is 3.39. The van der Waals surface area contributed by atoms with E-state index in [1.807, 2.05) is 12.1 Å². The van der Waals surface area contributed by atoms with Gasteiger partial charge in [0.25, 0.3) is 0 Å². The molecule has 2 aromatic rings. The number of hydrogen-bond donors (Lipinski definition) is 2. The van der Waals surface area contributed by atoms with Gasteiger partial charge in [0.05, 0.1) is 17.8 Å². The van der Waals surface area contributed by atoms with E-state index in [9.17, 15) is 9.18 Å². The van der Waals surface area contributed by atoms with Gasteiger partial charge in [-0.25, -0.2) is 4.39 Å². The first-order valence-corrected chi connectivity index (χ1v) is 7.13. The van der Waals surface area contributed by atoms with Crippen LogP contribution < -0.4 is 10.6 Å². The first kappa shape index (κ1) is 13.6. The SMILES string of the molecule is O=C(Cc1ccccc1F)Nc1cccc2c1NCCC2. The Bertz CT molecular complexity index is 670. The molecule has 0 bridgehead atoms. The van der Waals surface area contributed by atoms with Gasteiger partial charge in [0, 0.05) is 6.54 Å². The molecular weight excluding hydrogens is 267 g/mol. The molecular formula is C17H17FN2O. The molecule has 0 spiro atoms. The van der Waals surface area contributed by atoms with E-state index in [2.05, 4.69) is 16.7 Å². The lowest BCUT2D eigenvalue weighted by molar-refractivity contribution is -0.115. The van der Waals surface area contributed by atoms with Crippen molar-refractivity contribution in [1.29, 1.82) is 0 Å². The Morgan fingerprint density at radius 3 is 2.90 bits per heavy atom. The Morgan fingerprint density at radius 1 is 1.19 bits per heavy atom. The number of benzene rings is 2. The van der Waals surface area contributed by atoms with Crippen LogP contribution in [0.2, 0.25) is 0 Å². The first-order valence-electron chi connectivity index (χ1n) is 7.13. The quantitative estimate of drug-likeness (QED) is 0.907. The fraction of sp³-hybridized carbons (Fsp3) is 0.235. The number of hydrogen-bond acceptors (Lipinski definition) is 2. The minimum absolute atomic E-state index is 0.0380. The summed E-state index contributed by atoms with van der Waals surface area (Å²) in [5.74, 6) is -0.554. The van der Waals surface area contributed by atoms with Crippen LogP contribution in [-0.4, -0.2) is 12.5 Å². The summed E-state index contributed by atoms with van der Waals surface area (Å²) in [6.07, 6.45) is 2.15. The molecule has 1 heterocycles. The lowest BCUT2D eigenvalue weighted by atomic mass is 10.0. The van der Waals surface area contributed by atoms with Crippen molar-refractivity contribution in [3.05, 3.63) is 59.4 Å². The minimum atomic E-state index is -0.346. The predicted octanol–water partition coefficient (Wildman–Crippen LogP) is 3.37. The largest absolute Gasteiger partial charge is 0.383 e. The van der Waals surface area contributed by atoms with E-state index < -0.39 is 0 Å². The molecule has 2 aromatic carbocycles. The summed E-state index contributed by atoms with van der Waals surface area (Å²) in [6.45, 7) is 0.910. The summed E-state index contributed by atoms with van der Waals surface area (Å²) < 4.78 is 13.6. The summed E-state index contributed by atoms with van der Waals surface area (Å²) >= 11 is 0. The molecule has 0 fully saturated rings. The van der Waals surface area contributed by atoms with E-state index in [-0.39, 0.29) is 18.1 Å². The second-order valence-corrected chi connectivity index (χ2v) is 5.19. The van der Waals surface area contributed by atoms with Gasteiger partial charge in [0.1, 0.15) is 5.82 Å². The van der Waals surface area contributed by atoms with Crippen molar-refractivity contribution in [3.8, 4) is 0 Å². The lowest BCUT2D eigenvalue weighted by Crippen LogP contribution is -2.19. The van der Waals surface area contributed by atoms with Crippen molar-refractivity contribution in [1.82, 2.24) is 0 Å². The molecule has 108 valence electrons. The van der Waals surface area contributed by atoms with Crippen molar-refractivity contribution >= 4 is 17.3 Å². The smallest absolute Gasteiger partial charge is 0.228 e. The average molecular weight is 284 g/mol. The van der Waals surface area contributed by atoms with Crippen LogP contribution in [0, 0.1) is 5.82 Å². The summed E-state index contributed by atoms with van der Waals surface area (Å²) in [7, 11) is 0. The molecule has 0 radical (unpaired) electrons. The second-order valence-electron chi connectivity index (χ2n) is 5.19. The van der Waals surface area contributed by atoms with Gasteiger partial charge in [0.15, 0.2) is 0 Å². The highest BCUT2D eigenvalue weighted by Crippen LogP contribution is 2.30. The van der Waals surface area contributed by atoms with Gasteiger partial charge in [-0.15, -0.1) is 0 Å². The Balaban J connectivity index is 1.75. The van der Waals surface area contributed by atoms with Crippen molar-refractivity contribution in [2.45, 2.75) is 19.3 Å². The van der Waals surface area contributed by atoms with E-state index in [0.29, 0.717) is 5.56 Å². The molecule has 1 aliphatic rings. The van der Waals surface area contributed by atoms with Crippen LogP contribution >= 0.6 is 0 Å². The highest BCUT2D eigenvalue weighted by molar-refractivity contribution is 5.96. The van der Waals surface area contributed by atoms with E-state index in [4.69, 9.17) is 0 Å². The number of para-hydroxylation sites is 1. The highest BCUT2D eigenvalue weighted by atomic mass is 19.1. The average Bonchev–Trinajstić information content (AvgIpc) is 2.50. The van der Waals surface area contributed by atoms with E-state index in [1.165, 1.54) is 11.6 Å². The Kier molecular flexibility index (Phi) is 3.86. The zero-order valence-corrected chi connectivity index (χ0v) is 11.7. The Hall–Kier alpha value is -2.36. The minimum Gasteiger partial charge on any atom is -0.383 e. The van der Waals surface area contributed by atoms with Gasteiger partial charge >= 0.3 is 0 Å². The van der Waals surface area contributed by atoms with E-state index >= 15 is 0 Å². The van der Waals surface area contributed by atoms with Crippen molar-refractivity contribution in [2.24, 2.45) is 0 Å². The molecule has 3 nitrogen and oxygen atoms in total. The number of amides is 1. The molecule has 0 aliphatic carbocycles. The van der Waals surface area contributed by atoms with Gasteiger partial charge < -0.3 is 10.6 Å². The monoisotopic (exact) mass is 284 g/mol. The number of rotatable bonds is 3. The topological polar surface area (TPSA) is 41.1 Å². The summed E-state index contributed by atoms with van der Waals surface area (Å²) in [5, 5.41) is 6.20. The number of fused-ring (bicyclic) bond motifs is 1. The van der Waals surface area contributed by atoms with Gasteiger partial charge in [0.2, 0.25) is 5.91 Å². The third-order valence-electron chi connectivity index (χ3n) is 3.66. The number of anilines is 2. The van der Waals surface area contributed by atoms with Crippen LogP contribution in [0.25, 0.3) is 0 Å². The Labute approximate surface area is 123 Å². The van der Waals surface area contributed by atoms with Crippen LogP contribution in [-0.2, 0) is 17.6 Å². The number of aryl methyl sites for hydroxylation is 1. The van der Waals surface area contributed by atoms with Crippen LogP contribution in [0.3, 0.4) is 0 Å². The maximum absolute atomic E-state index is 13.6. The lowest BCUT2D eigenvalue weighted by Gasteiger charge is -2.21. The maximum Gasteiger partial charge on any atom is 0.228 e. The molecule has 1 aliphatic heterocycles. The van der Waals surface area contributed by atoms with E-state index in [1.54, 1.807) is 18.2 Å². The third kappa shape index (κ3) is 3.05. The molecule has 4 heteroatoms. The second kappa shape index (κ2) is 5.95. The van der Waals surface area contributed by atoms with Crippen LogP contribution in [0.5, 0.6) is 0 Å². The highest BCUT2D eigenvalue weighted by Gasteiger charge is 2.14. The molecule has 2 N–H and O–H groups in total. The molecule has 1 amide bonds. The predicted molar refractivity (Wildman–Crippen MR) is 82.0 cm³/mol. The van der Waals surface area contributed by atoms with Crippen LogP contribution in [0.4, 0.5) is 15.8 Å². The van der Waals surface area contributed by atoms with Crippen LogP contribution in [0.1, 0.15) is 17.5 Å². The zero-order valence-electron chi connectivity index (χ0n) is 11.7. The standard InChI is InChI=1S/C17H17FN2O/c18-14-8-2-1-5-13(14)11-16(21)20-15-9-3-6-12-7-4-10-19-17(12)15/h1-3,5-6,8-9,19H,4,7,10-11H2,(H,20,21). The fourth-order valence-corrected chi connectivity index (χ4v) is 2.62. The van der Waals surface area contributed by atoms with Gasteiger partial charge in [-0.1, -0.05) is 30.3 Å². The van der Waals surface area contributed by atoms with E-state index in [0.717, 1.165) is 30.8 Å². The van der Waals surface area contributed by atoms with Gasteiger partial charge in [-0.2, -0.15) is 0 Å². The molecule has 0 saturated carbocycles. The molecule has 21 heavy (non-hydrogen) atoms. The normalized spacial score (nSPS) is 13.2. The molecule has 0 unspecified atom stereocenters. The molecule has 0 saturated heterocycles. The number of carbonyl (C=O) groups is 1. The third-order valence-corrected chi connectivity index (χ3v) is 3.66. The molecule has 0 atom stereocenters. The summed E-state index contributed by atoms with van der Waals surface area (Å²) in [4.78, 5) is 12.1. The first-order chi connectivity index (χ1) is 10.2. The summed E-state index contributed by atoms with van der Waals surface area (Å²) in [6, 6.07) is 12.2. The number of nitrogens with one attached hydrogen (secondary N) is 2. The van der Waals surface area contributed by atoms with Crippen molar-refractivity contribution in [2.75, 3.05) is 17.2 Å². The fourth-order valence-electron chi connectivity index (χ4n) is 2.62. The molecule has 0 aromatic heterocycles. The van der Waals surface area contributed by atoms with Crippen molar-refractivity contribution in [3.63, 3.8) is 0 Å². The maximum atomic E-state index is 13.6. The zero-order chi connectivity index (χ0) is 14.7. The number of halogens is 1. The Morgan fingerprint density at radius 2 is 2.05 bits per heavy atom. The van der Waals surface area contributed by atoms with Crippen molar-refractivity contribution < 1.29 is 9.18 Å². The number of carbonyl (C=O) groups excluding carboxylic acids is 1.